The van der Waals surface area contributed by atoms with Gasteiger partial charge in [-0.2, -0.15) is 0 Å². The van der Waals surface area contributed by atoms with Crippen molar-refractivity contribution < 1.29 is 42.4 Å². The lowest BCUT2D eigenvalue weighted by Gasteiger charge is -2.43. The SMILES string of the molecule is CCCC(=O)N(CC(C)(C)CC(=O)N1C[C@H](O)C[C@H]1C(=O)NCc1ccc(-c2scnc2C)cc1)N1CCC(CNc2ccc(S(=O)(=O)NC(=O)c3ccc(N4CCN(CC5=C(c6ccc(Cl)cc6)CC(C)(C)CC5)CC4)cc3Oc3cnc4[nH]ccc4c3)cc2[N+](=O)[O-])CC1. The third-order valence-corrected chi connectivity index (χ3v) is 21.4. The number of aromatic nitrogens is 3. The molecular weight excluding hydrogens is 1280 g/mol. The van der Waals surface area contributed by atoms with Crippen LogP contribution in [0.2, 0.25) is 5.02 Å². The van der Waals surface area contributed by atoms with Gasteiger partial charge in [-0.25, -0.2) is 28.1 Å². The zero-order valence-corrected chi connectivity index (χ0v) is 57.6. The highest BCUT2D eigenvalue weighted by molar-refractivity contribution is 7.90. The Hall–Kier alpha value is -8.26. The number of aliphatic hydroxyl groups excluding tert-OH is 1. The molecule has 2 atom stereocenters. The Morgan fingerprint density at radius 2 is 1.68 bits per heavy atom. The van der Waals surface area contributed by atoms with E-state index in [2.05, 4.69) is 66.1 Å². The summed E-state index contributed by atoms with van der Waals surface area (Å²) >= 11 is 7.85. The molecule has 11 rings (SSSR count). The van der Waals surface area contributed by atoms with Crippen LogP contribution in [-0.2, 0) is 31.0 Å². The van der Waals surface area contributed by atoms with Gasteiger partial charge in [0.15, 0.2) is 0 Å². The molecular formula is C71H85ClN12O10S2. The number of β-amino-alcohol motifs (C(OH)–C–C–N with tert-alkyl or cyclic N) is 1. The van der Waals surface area contributed by atoms with Crippen LogP contribution in [0, 0.1) is 33.8 Å². The Kier molecular flexibility index (Phi) is 21.3. The number of anilines is 2. The molecule has 7 aromatic rings. The minimum absolute atomic E-state index is 0.0124. The number of hydrogen-bond donors (Lipinski definition) is 5. The quantitative estimate of drug-likeness (QED) is 0.0278. The third-order valence-electron chi connectivity index (χ3n) is 18.8. The molecule has 0 bridgehead atoms. The van der Waals surface area contributed by atoms with E-state index in [-0.39, 0.29) is 85.0 Å². The van der Waals surface area contributed by atoms with Gasteiger partial charge in [-0.1, -0.05) is 88.2 Å². The number of amides is 4. The Morgan fingerprint density at radius 3 is 2.39 bits per heavy atom. The van der Waals surface area contributed by atoms with Crippen molar-refractivity contribution in [3.05, 3.63) is 158 Å². The summed E-state index contributed by atoms with van der Waals surface area (Å²) in [7, 11) is -4.70. The summed E-state index contributed by atoms with van der Waals surface area (Å²) in [6.07, 6.45) is 7.76. The van der Waals surface area contributed by atoms with Crippen LogP contribution in [0.25, 0.3) is 27.0 Å². The zero-order valence-electron chi connectivity index (χ0n) is 55.2. The summed E-state index contributed by atoms with van der Waals surface area (Å²) in [4.78, 5) is 86.5. The standard InChI is InChI=1S/C71H85ClN12O10S2/c1-7-8-64(86)83(44-71(5,6)38-65(87)82-43-55(85)35-62(82)69(89)76-40-47-9-11-50(12-10-47)66-46(2)77-45-95-66)81-27-23-48(24-28-81)39-74-60-20-18-57(36-61(60)84(90)91)96(92,93)78-68(88)58-19-17-54(34-63(58)94-56-33-51-22-26-73-67(51)75-41-56)80-31-29-79(30-32-80)42-52-21-25-70(3,4)37-59(52)49-13-15-53(72)16-14-49/h9-20,22,26,33-34,36,41,45,48,55,62,74,85H,7-8,21,23-25,27-32,35,37-40,42-44H2,1-6H3,(H,73,75)(H,76,89)(H,78,88)/t55-,62+/m1/s1. The second-order valence-electron chi connectivity index (χ2n) is 27.4. The summed E-state index contributed by atoms with van der Waals surface area (Å²) < 4.78 is 36.8. The van der Waals surface area contributed by atoms with Crippen molar-refractivity contribution >= 4 is 90.3 Å². The molecule has 3 aliphatic heterocycles. The monoisotopic (exact) mass is 1360 g/mol. The summed E-state index contributed by atoms with van der Waals surface area (Å²) in [5.41, 5.74) is 9.10. The number of allylic oxidation sites excluding steroid dienone is 1. The molecule has 6 heterocycles. The molecule has 508 valence electrons. The maximum absolute atomic E-state index is 14.3. The first-order valence-corrected chi connectivity index (χ1v) is 35.7. The molecule has 4 amide bonds. The largest absolute Gasteiger partial charge is 0.455 e. The van der Waals surface area contributed by atoms with Gasteiger partial charge in [0.05, 0.1) is 43.8 Å². The number of carbonyl (C=O) groups excluding carboxylic acids is 4. The van der Waals surface area contributed by atoms with E-state index in [4.69, 9.17) is 16.3 Å². The number of piperazine rings is 1. The van der Waals surface area contributed by atoms with Crippen molar-refractivity contribution in [2.75, 3.05) is 75.7 Å². The van der Waals surface area contributed by atoms with Crippen LogP contribution < -0.4 is 25.0 Å². The number of pyridine rings is 1. The van der Waals surface area contributed by atoms with Crippen LogP contribution >= 0.6 is 22.9 Å². The second-order valence-corrected chi connectivity index (χ2v) is 30.4. The van der Waals surface area contributed by atoms with E-state index in [0.29, 0.717) is 68.4 Å². The molecule has 1 aliphatic carbocycles. The number of aliphatic hydroxyl groups is 1. The number of hydrazine groups is 1. The highest BCUT2D eigenvalue weighted by Crippen LogP contribution is 2.44. The summed E-state index contributed by atoms with van der Waals surface area (Å²) in [6.45, 7) is 17.9. The summed E-state index contributed by atoms with van der Waals surface area (Å²) in [5.74, 6) is -1.32. The van der Waals surface area contributed by atoms with Crippen LogP contribution in [0.3, 0.4) is 0 Å². The lowest BCUT2D eigenvalue weighted by molar-refractivity contribution is -0.384. The molecule has 0 unspecified atom stereocenters. The van der Waals surface area contributed by atoms with Crippen LogP contribution in [0.5, 0.6) is 11.5 Å². The predicted molar refractivity (Wildman–Crippen MR) is 373 cm³/mol. The number of ether oxygens (including phenoxy) is 1. The maximum Gasteiger partial charge on any atom is 0.293 e. The first-order chi connectivity index (χ1) is 45.9. The normalized spacial score (nSPS) is 18.2. The van der Waals surface area contributed by atoms with Crippen molar-refractivity contribution in [3.8, 4) is 21.9 Å². The number of nitrogens with one attached hydrogen (secondary N) is 4. The van der Waals surface area contributed by atoms with Crippen LogP contribution in [-0.4, -0.2) is 154 Å². The molecule has 96 heavy (non-hydrogen) atoms. The lowest BCUT2D eigenvalue weighted by Crippen LogP contribution is -2.54. The molecule has 5 N–H and O–H groups in total. The summed E-state index contributed by atoms with van der Waals surface area (Å²) in [5, 5.41) is 34.7. The van der Waals surface area contributed by atoms with E-state index in [1.165, 1.54) is 46.0 Å². The van der Waals surface area contributed by atoms with Crippen molar-refractivity contribution in [2.45, 2.75) is 123 Å². The van der Waals surface area contributed by atoms with Gasteiger partial charge in [-0.15, -0.1) is 11.3 Å². The molecule has 25 heteroatoms. The zero-order chi connectivity index (χ0) is 68.1. The number of rotatable bonds is 24. The number of sulfonamides is 1. The van der Waals surface area contributed by atoms with E-state index in [0.717, 1.165) is 77.7 Å². The van der Waals surface area contributed by atoms with E-state index < -0.39 is 49.0 Å². The van der Waals surface area contributed by atoms with Gasteiger partial charge in [0.1, 0.15) is 28.9 Å². The number of halogens is 1. The number of nitrogens with zero attached hydrogens (tertiary/aromatic N) is 8. The topological polar surface area (TPSA) is 269 Å². The van der Waals surface area contributed by atoms with Gasteiger partial charge >= 0.3 is 0 Å². The second kappa shape index (κ2) is 29.6. The number of hydrogen-bond acceptors (Lipinski definition) is 17. The van der Waals surface area contributed by atoms with Crippen molar-refractivity contribution in [3.63, 3.8) is 0 Å². The first-order valence-electron chi connectivity index (χ1n) is 33.0. The van der Waals surface area contributed by atoms with Gasteiger partial charge in [0.2, 0.25) is 17.7 Å². The van der Waals surface area contributed by atoms with Gasteiger partial charge in [-0.05, 0) is 133 Å². The highest BCUT2D eigenvalue weighted by atomic mass is 35.5. The smallest absolute Gasteiger partial charge is 0.293 e. The lowest BCUT2D eigenvalue weighted by atomic mass is 9.72. The van der Waals surface area contributed by atoms with Crippen molar-refractivity contribution in [1.29, 1.82) is 0 Å². The van der Waals surface area contributed by atoms with E-state index in [9.17, 15) is 42.8 Å². The number of piperidine rings is 1. The van der Waals surface area contributed by atoms with Gasteiger partial charge in [0, 0.05) is 126 Å². The van der Waals surface area contributed by atoms with Gasteiger partial charge < -0.3 is 35.3 Å². The average Bonchev–Trinajstić information content (AvgIpc) is 0.987. The highest BCUT2D eigenvalue weighted by Gasteiger charge is 2.42. The van der Waals surface area contributed by atoms with Crippen LogP contribution in [0.1, 0.15) is 120 Å². The number of likely N-dealkylation sites (tertiary alicyclic amines) is 1. The summed E-state index contributed by atoms with van der Waals surface area (Å²) in [6, 6.07) is 27.2. The fraction of sp³-hybridized carbons (Fsp3) is 0.437. The van der Waals surface area contributed by atoms with E-state index in [1.54, 1.807) is 40.7 Å². The first kappa shape index (κ1) is 69.1. The predicted octanol–water partition coefficient (Wildman–Crippen LogP) is 11.6. The molecule has 0 spiro atoms. The molecule has 4 aromatic carbocycles. The molecule has 22 nitrogen and oxygen atoms in total. The number of aromatic amines is 1. The van der Waals surface area contributed by atoms with Crippen LogP contribution in [0.15, 0.2) is 125 Å². The number of thiazole rings is 1. The van der Waals surface area contributed by atoms with Crippen LogP contribution in [0.4, 0.5) is 17.1 Å². The molecule has 3 saturated heterocycles. The van der Waals surface area contributed by atoms with Gasteiger partial charge in [-0.3, -0.25) is 39.2 Å². The van der Waals surface area contributed by atoms with Crippen molar-refractivity contribution in [2.24, 2.45) is 16.7 Å². The fourth-order valence-corrected chi connectivity index (χ4v) is 15.4. The minimum Gasteiger partial charge on any atom is -0.455 e. The Morgan fingerprint density at radius 1 is 0.938 bits per heavy atom. The number of nitro benzene ring substituents is 1. The number of fused-ring (bicyclic) bond motifs is 1. The molecule has 0 saturated carbocycles. The number of benzene rings is 4. The Labute approximate surface area is 569 Å². The number of nitro groups is 1. The Balaban J connectivity index is 0.701. The minimum atomic E-state index is -4.70. The molecule has 3 fully saturated rings. The third kappa shape index (κ3) is 16.7. The van der Waals surface area contributed by atoms with Crippen molar-refractivity contribution in [1.82, 2.24) is 44.8 Å². The number of aryl methyl sites for hydroxylation is 1. The average molecular weight is 1370 g/mol. The Bertz CT molecular complexity index is 4140. The maximum atomic E-state index is 14.3. The van der Waals surface area contributed by atoms with E-state index in [1.807, 2.05) is 80.7 Å². The molecule has 3 aromatic heterocycles. The number of carbonyl (C=O) groups is 4. The molecule has 4 aliphatic rings. The number of H-pyrrole nitrogens is 1. The van der Waals surface area contributed by atoms with Gasteiger partial charge in [0.25, 0.3) is 21.6 Å². The molecule has 0 radical (unpaired) electrons. The van der Waals surface area contributed by atoms with E-state index >= 15 is 0 Å². The fourth-order valence-electron chi connectivity index (χ4n) is 13.5.